The van der Waals surface area contributed by atoms with Gasteiger partial charge in [0.15, 0.2) is 0 Å². The molecule has 1 fully saturated rings. The molecular weight excluding hydrogens is 420 g/mol. The van der Waals surface area contributed by atoms with E-state index in [0.29, 0.717) is 17.7 Å². The number of hydrogen-bond donors (Lipinski definition) is 0. The Balaban J connectivity index is 1.57. The lowest BCUT2D eigenvalue weighted by Gasteiger charge is -2.29. The third-order valence-electron chi connectivity index (χ3n) is 6.42. The molecule has 33 heavy (non-hydrogen) atoms. The molecule has 1 aliphatic carbocycles. The molecule has 1 saturated carbocycles. The molecule has 0 N–H and O–H groups in total. The molecule has 2 aromatic rings. The molecule has 0 radical (unpaired) electrons. The lowest BCUT2D eigenvalue weighted by Crippen LogP contribution is -2.40. The SMILES string of the molecule is COC(=O)CCN(Cc1ccccc1)C(=O)c1ccc2c(c1)C(=O)N(C1CCCCC1)C2=O. The summed E-state index contributed by atoms with van der Waals surface area (Å²) in [4.78, 5) is 54.1. The van der Waals surface area contributed by atoms with E-state index in [2.05, 4.69) is 0 Å². The zero-order valence-corrected chi connectivity index (χ0v) is 18.8. The Kier molecular flexibility index (Phi) is 6.87. The molecule has 0 bridgehead atoms. The minimum Gasteiger partial charge on any atom is -0.469 e. The lowest BCUT2D eigenvalue weighted by molar-refractivity contribution is -0.140. The van der Waals surface area contributed by atoms with Crippen LogP contribution in [0.5, 0.6) is 0 Å². The molecule has 4 rings (SSSR count). The van der Waals surface area contributed by atoms with Gasteiger partial charge in [0.1, 0.15) is 0 Å². The highest BCUT2D eigenvalue weighted by atomic mass is 16.5. The summed E-state index contributed by atoms with van der Waals surface area (Å²) in [6, 6.07) is 14.1. The van der Waals surface area contributed by atoms with Crippen LogP contribution in [-0.2, 0) is 16.1 Å². The number of benzene rings is 2. The van der Waals surface area contributed by atoms with E-state index in [9.17, 15) is 19.2 Å². The Bertz CT molecular complexity index is 1060. The van der Waals surface area contributed by atoms with Crippen LogP contribution in [0.3, 0.4) is 0 Å². The molecule has 0 atom stereocenters. The maximum absolute atomic E-state index is 13.4. The number of amides is 3. The van der Waals surface area contributed by atoms with E-state index in [4.69, 9.17) is 4.74 Å². The molecule has 0 spiro atoms. The van der Waals surface area contributed by atoms with E-state index < -0.39 is 5.97 Å². The summed E-state index contributed by atoms with van der Waals surface area (Å²) in [7, 11) is 1.31. The van der Waals surface area contributed by atoms with Crippen molar-refractivity contribution >= 4 is 23.7 Å². The van der Waals surface area contributed by atoms with Crippen molar-refractivity contribution in [1.29, 1.82) is 0 Å². The Morgan fingerprint density at radius 3 is 2.36 bits per heavy atom. The molecule has 2 aromatic carbocycles. The monoisotopic (exact) mass is 448 g/mol. The van der Waals surface area contributed by atoms with Crippen LogP contribution in [0.4, 0.5) is 0 Å². The maximum Gasteiger partial charge on any atom is 0.307 e. The fourth-order valence-corrected chi connectivity index (χ4v) is 4.63. The number of esters is 1. The van der Waals surface area contributed by atoms with Gasteiger partial charge in [-0.05, 0) is 36.6 Å². The molecule has 2 aliphatic rings. The van der Waals surface area contributed by atoms with Crippen molar-refractivity contribution in [3.8, 4) is 0 Å². The van der Waals surface area contributed by atoms with Gasteiger partial charge in [0.2, 0.25) is 0 Å². The lowest BCUT2D eigenvalue weighted by atomic mass is 9.94. The molecule has 0 saturated heterocycles. The standard InChI is InChI=1S/C26H28N2O5/c1-33-23(29)14-15-27(17-18-8-4-2-5-9-18)24(30)19-12-13-21-22(16-19)26(32)28(25(21)31)20-10-6-3-7-11-20/h2,4-5,8-9,12-13,16,20H,3,6-7,10-11,14-15,17H2,1H3. The predicted molar refractivity (Wildman–Crippen MR) is 122 cm³/mol. The van der Waals surface area contributed by atoms with Gasteiger partial charge in [-0.25, -0.2) is 0 Å². The number of fused-ring (bicyclic) bond motifs is 1. The molecule has 0 aromatic heterocycles. The summed E-state index contributed by atoms with van der Waals surface area (Å²) in [5.74, 6) is -1.30. The zero-order valence-electron chi connectivity index (χ0n) is 18.8. The predicted octanol–water partition coefficient (Wildman–Crippen LogP) is 3.82. The Labute approximate surface area is 193 Å². The van der Waals surface area contributed by atoms with Crippen LogP contribution in [0.2, 0.25) is 0 Å². The number of rotatable bonds is 7. The van der Waals surface area contributed by atoms with Crippen molar-refractivity contribution in [3.05, 3.63) is 70.8 Å². The average molecular weight is 449 g/mol. The first-order valence-electron chi connectivity index (χ1n) is 11.4. The molecule has 1 heterocycles. The number of methoxy groups -OCH3 is 1. The van der Waals surface area contributed by atoms with Gasteiger partial charge in [0.05, 0.1) is 24.7 Å². The van der Waals surface area contributed by atoms with Crippen molar-refractivity contribution in [2.45, 2.75) is 51.1 Å². The van der Waals surface area contributed by atoms with Crippen molar-refractivity contribution in [3.63, 3.8) is 0 Å². The quantitative estimate of drug-likeness (QED) is 0.475. The molecule has 0 unspecified atom stereocenters. The molecule has 3 amide bonds. The number of ether oxygens (including phenoxy) is 1. The number of carbonyl (C=O) groups excluding carboxylic acids is 4. The minimum absolute atomic E-state index is 0.0624. The molecule has 7 heteroatoms. The summed E-state index contributed by atoms with van der Waals surface area (Å²) in [5, 5.41) is 0. The minimum atomic E-state index is -0.404. The van der Waals surface area contributed by atoms with Crippen molar-refractivity contribution < 1.29 is 23.9 Å². The highest BCUT2D eigenvalue weighted by Gasteiger charge is 2.40. The second-order valence-electron chi connectivity index (χ2n) is 8.57. The third-order valence-corrected chi connectivity index (χ3v) is 6.42. The van der Waals surface area contributed by atoms with Gasteiger partial charge in [0.25, 0.3) is 17.7 Å². The highest BCUT2D eigenvalue weighted by Crippen LogP contribution is 2.31. The first kappa shape index (κ1) is 22.7. The summed E-state index contributed by atoms with van der Waals surface area (Å²) >= 11 is 0. The van der Waals surface area contributed by atoms with Gasteiger partial charge in [-0.1, -0.05) is 49.6 Å². The summed E-state index contributed by atoms with van der Waals surface area (Å²) < 4.78 is 4.73. The zero-order chi connectivity index (χ0) is 23.4. The number of nitrogens with zero attached hydrogens (tertiary/aromatic N) is 2. The van der Waals surface area contributed by atoms with Crippen LogP contribution < -0.4 is 0 Å². The van der Waals surface area contributed by atoms with Crippen molar-refractivity contribution in [2.24, 2.45) is 0 Å². The van der Waals surface area contributed by atoms with Crippen LogP contribution in [0.25, 0.3) is 0 Å². The van der Waals surface area contributed by atoms with Crippen LogP contribution >= 0.6 is 0 Å². The second-order valence-corrected chi connectivity index (χ2v) is 8.57. The van der Waals surface area contributed by atoms with Gasteiger partial charge in [-0.2, -0.15) is 0 Å². The van der Waals surface area contributed by atoms with Gasteiger partial charge >= 0.3 is 5.97 Å². The largest absolute Gasteiger partial charge is 0.469 e. The van der Waals surface area contributed by atoms with Crippen LogP contribution in [0.1, 0.15) is 75.2 Å². The normalized spacial score (nSPS) is 16.0. The van der Waals surface area contributed by atoms with Gasteiger partial charge in [-0.3, -0.25) is 24.1 Å². The summed E-state index contributed by atoms with van der Waals surface area (Å²) in [5.41, 5.74) is 1.88. The van der Waals surface area contributed by atoms with Crippen LogP contribution in [0, 0.1) is 0 Å². The van der Waals surface area contributed by atoms with E-state index in [1.807, 2.05) is 30.3 Å². The van der Waals surface area contributed by atoms with Crippen LogP contribution in [0.15, 0.2) is 48.5 Å². The first-order chi connectivity index (χ1) is 16.0. The molecular formula is C26H28N2O5. The third kappa shape index (κ3) is 4.82. The Morgan fingerprint density at radius 1 is 0.970 bits per heavy atom. The van der Waals surface area contributed by atoms with E-state index in [0.717, 1.165) is 37.7 Å². The van der Waals surface area contributed by atoms with Gasteiger partial charge in [-0.15, -0.1) is 0 Å². The first-order valence-corrected chi connectivity index (χ1v) is 11.4. The average Bonchev–Trinajstić information content (AvgIpc) is 3.11. The van der Waals surface area contributed by atoms with Crippen molar-refractivity contribution in [2.75, 3.05) is 13.7 Å². The fourth-order valence-electron chi connectivity index (χ4n) is 4.63. The summed E-state index contributed by atoms with van der Waals surface area (Å²) in [6.45, 7) is 0.493. The second kappa shape index (κ2) is 9.98. The van der Waals surface area contributed by atoms with E-state index in [1.54, 1.807) is 17.0 Å². The Hall–Kier alpha value is -3.48. The maximum atomic E-state index is 13.4. The highest BCUT2D eigenvalue weighted by molar-refractivity contribution is 6.22. The smallest absolute Gasteiger partial charge is 0.307 e. The van der Waals surface area contributed by atoms with Gasteiger partial charge < -0.3 is 9.64 Å². The van der Waals surface area contributed by atoms with E-state index >= 15 is 0 Å². The van der Waals surface area contributed by atoms with E-state index in [-0.39, 0.29) is 42.3 Å². The van der Waals surface area contributed by atoms with Crippen LogP contribution in [-0.4, -0.2) is 53.2 Å². The molecule has 7 nitrogen and oxygen atoms in total. The topological polar surface area (TPSA) is 84.0 Å². The van der Waals surface area contributed by atoms with E-state index in [1.165, 1.54) is 18.1 Å². The van der Waals surface area contributed by atoms with Crippen molar-refractivity contribution in [1.82, 2.24) is 9.80 Å². The summed E-state index contributed by atoms with van der Waals surface area (Å²) in [6.07, 6.45) is 4.87. The molecule has 172 valence electrons. The van der Waals surface area contributed by atoms with Gasteiger partial charge in [0, 0.05) is 24.7 Å². The Morgan fingerprint density at radius 2 is 1.67 bits per heavy atom. The number of carbonyl (C=O) groups is 4. The number of hydrogen-bond acceptors (Lipinski definition) is 5. The number of imide groups is 1. The fraction of sp³-hybridized carbons (Fsp3) is 0.385. The molecule has 1 aliphatic heterocycles.